The third kappa shape index (κ3) is 9.84. The van der Waals surface area contributed by atoms with Crippen molar-refractivity contribution in [3.05, 3.63) is 29.3 Å². The molecule has 0 bridgehead atoms. The van der Waals surface area contributed by atoms with Gasteiger partial charge in [0, 0.05) is 17.6 Å². The van der Waals surface area contributed by atoms with E-state index in [0.717, 1.165) is 6.42 Å². The van der Waals surface area contributed by atoms with Crippen molar-refractivity contribution in [2.75, 3.05) is 0 Å². The zero-order chi connectivity index (χ0) is 29.4. The van der Waals surface area contributed by atoms with E-state index in [2.05, 4.69) is 24.5 Å². The number of hydrogen-bond acceptors (Lipinski definition) is 5. The number of phenolic OH excluding ortho intramolecular Hbond substituents is 1. The van der Waals surface area contributed by atoms with E-state index in [0.29, 0.717) is 29.9 Å². The number of ether oxygens (including phenoxy) is 1. The number of phenols is 1. The largest absolute Gasteiger partial charge is 0.507 e. The van der Waals surface area contributed by atoms with Crippen LogP contribution < -0.4 is 10.6 Å². The number of amides is 3. The van der Waals surface area contributed by atoms with Crippen molar-refractivity contribution in [2.24, 2.45) is 11.8 Å². The zero-order valence-corrected chi connectivity index (χ0v) is 25.3. The average molecular weight is 534 g/mol. The number of nitrogens with zero attached hydrogens (tertiary/aromatic N) is 1. The van der Waals surface area contributed by atoms with Gasteiger partial charge in [0.05, 0.1) is 0 Å². The molecule has 0 aliphatic heterocycles. The summed E-state index contributed by atoms with van der Waals surface area (Å²) in [5, 5.41) is 16.8. The summed E-state index contributed by atoms with van der Waals surface area (Å²) in [5.41, 5.74) is 0.232. The molecule has 8 heteroatoms. The van der Waals surface area contributed by atoms with Crippen molar-refractivity contribution in [3.63, 3.8) is 0 Å². The van der Waals surface area contributed by atoms with Crippen LogP contribution in [0.25, 0.3) is 0 Å². The average Bonchev–Trinajstić information content (AvgIpc) is 2.78. The van der Waals surface area contributed by atoms with E-state index in [1.165, 1.54) is 0 Å². The summed E-state index contributed by atoms with van der Waals surface area (Å²) in [6.07, 6.45) is 1.43. The molecule has 4 atom stereocenters. The number of aryl methyl sites for hydroxylation is 1. The molecule has 0 saturated heterocycles. The van der Waals surface area contributed by atoms with Crippen LogP contribution in [0, 0.1) is 18.8 Å². The van der Waals surface area contributed by atoms with Crippen LogP contribution in [0.2, 0.25) is 0 Å². The number of alkyl carbamates (subject to hydrolysis) is 1. The number of nitrogens with one attached hydrogen (secondary N) is 2. The minimum Gasteiger partial charge on any atom is -0.507 e. The van der Waals surface area contributed by atoms with Crippen LogP contribution >= 0.6 is 0 Å². The number of carbonyl (C=O) groups is 3. The van der Waals surface area contributed by atoms with Gasteiger partial charge in [-0.25, -0.2) is 4.79 Å². The fourth-order valence-corrected chi connectivity index (χ4v) is 4.27. The third-order valence-electron chi connectivity index (χ3n) is 6.56. The highest BCUT2D eigenvalue weighted by Gasteiger charge is 2.41. The molecule has 216 valence electrons. The predicted molar refractivity (Wildman–Crippen MR) is 152 cm³/mol. The summed E-state index contributed by atoms with van der Waals surface area (Å²) in [7, 11) is 0. The molecule has 38 heavy (non-hydrogen) atoms. The molecule has 0 spiro atoms. The molecule has 0 fully saturated rings. The van der Waals surface area contributed by atoms with Crippen LogP contribution in [0.5, 0.6) is 5.75 Å². The van der Waals surface area contributed by atoms with Crippen LogP contribution in [0.4, 0.5) is 4.79 Å². The standard InChI is InChI=1S/C30H51N3O5/c1-12-20(6)24(32-29(37)38-30(9,10)11)28(36)33(22(8)17-16-18(2)3)25(27(35)31-19(4)5)23-15-13-14-21(7)26(23)34/h13-15,18-20,22,24-25,34H,12,16-17H2,1-11H3,(H,31,35)(H,32,37). The Labute approximate surface area is 229 Å². The number of rotatable bonds is 12. The molecular weight excluding hydrogens is 482 g/mol. The van der Waals surface area contributed by atoms with E-state index < -0.39 is 23.8 Å². The smallest absolute Gasteiger partial charge is 0.408 e. The number of carbonyl (C=O) groups excluding carboxylic acids is 3. The Kier molecular flexibility index (Phi) is 12.6. The van der Waals surface area contributed by atoms with Crippen LogP contribution in [0.3, 0.4) is 0 Å². The van der Waals surface area contributed by atoms with Crippen molar-refractivity contribution < 1.29 is 24.2 Å². The monoisotopic (exact) mass is 533 g/mol. The number of aromatic hydroxyl groups is 1. The molecule has 1 aromatic rings. The summed E-state index contributed by atoms with van der Waals surface area (Å²) in [4.78, 5) is 42.5. The zero-order valence-electron chi connectivity index (χ0n) is 25.3. The molecule has 0 radical (unpaired) electrons. The lowest BCUT2D eigenvalue weighted by molar-refractivity contribution is -0.146. The SMILES string of the molecule is CCC(C)C(NC(=O)OC(C)(C)C)C(=O)N(C(C)CCC(C)C)C(C(=O)NC(C)C)c1cccc(C)c1O. The van der Waals surface area contributed by atoms with Crippen LogP contribution in [-0.2, 0) is 14.3 Å². The van der Waals surface area contributed by atoms with Gasteiger partial charge in [-0.2, -0.15) is 0 Å². The summed E-state index contributed by atoms with van der Waals surface area (Å²) in [6.45, 7) is 20.7. The molecule has 3 N–H and O–H groups in total. The fraction of sp³-hybridized carbons (Fsp3) is 0.700. The van der Waals surface area contributed by atoms with E-state index in [1.54, 1.807) is 50.8 Å². The highest BCUT2D eigenvalue weighted by molar-refractivity contribution is 5.93. The Hall–Kier alpha value is -2.77. The maximum Gasteiger partial charge on any atom is 0.408 e. The molecule has 1 aromatic carbocycles. The maximum atomic E-state index is 14.4. The molecule has 0 saturated carbocycles. The number of para-hydroxylation sites is 1. The second-order valence-electron chi connectivity index (χ2n) is 12.2. The summed E-state index contributed by atoms with van der Waals surface area (Å²) < 4.78 is 5.47. The normalized spacial score (nSPS) is 15.0. The Morgan fingerprint density at radius 2 is 1.61 bits per heavy atom. The van der Waals surface area contributed by atoms with Crippen molar-refractivity contribution in [2.45, 2.75) is 125 Å². The number of benzene rings is 1. The molecule has 3 amide bonds. The highest BCUT2D eigenvalue weighted by Crippen LogP contribution is 2.35. The van der Waals surface area contributed by atoms with E-state index in [9.17, 15) is 19.5 Å². The molecular formula is C30H51N3O5. The van der Waals surface area contributed by atoms with E-state index in [4.69, 9.17) is 4.74 Å². The van der Waals surface area contributed by atoms with Gasteiger partial charge in [-0.1, -0.05) is 52.3 Å². The molecule has 0 aliphatic carbocycles. The molecule has 8 nitrogen and oxygen atoms in total. The second kappa shape index (κ2) is 14.4. The van der Waals surface area contributed by atoms with E-state index in [1.807, 2.05) is 34.6 Å². The lowest BCUT2D eigenvalue weighted by Gasteiger charge is -2.40. The van der Waals surface area contributed by atoms with Crippen molar-refractivity contribution in [1.29, 1.82) is 0 Å². The van der Waals surface area contributed by atoms with E-state index in [-0.39, 0.29) is 35.6 Å². The van der Waals surface area contributed by atoms with Gasteiger partial charge in [-0.15, -0.1) is 0 Å². The van der Waals surface area contributed by atoms with Gasteiger partial charge in [-0.05, 0) is 78.7 Å². The van der Waals surface area contributed by atoms with Gasteiger partial charge in [0.2, 0.25) is 11.8 Å². The molecule has 4 unspecified atom stereocenters. The van der Waals surface area contributed by atoms with Gasteiger partial charge in [0.1, 0.15) is 23.4 Å². The second-order valence-corrected chi connectivity index (χ2v) is 12.2. The minimum absolute atomic E-state index is 0.0227. The van der Waals surface area contributed by atoms with Crippen molar-refractivity contribution in [3.8, 4) is 5.75 Å². The van der Waals surface area contributed by atoms with Gasteiger partial charge in [-0.3, -0.25) is 9.59 Å². The van der Waals surface area contributed by atoms with Crippen LogP contribution in [0.1, 0.15) is 106 Å². The van der Waals surface area contributed by atoms with Gasteiger partial charge in [0.15, 0.2) is 0 Å². The van der Waals surface area contributed by atoms with Gasteiger partial charge >= 0.3 is 6.09 Å². The molecule has 1 rings (SSSR count). The predicted octanol–water partition coefficient (Wildman–Crippen LogP) is 5.86. The van der Waals surface area contributed by atoms with Crippen LogP contribution in [-0.4, -0.2) is 51.6 Å². The first kappa shape index (κ1) is 33.3. The quantitative estimate of drug-likeness (QED) is 0.312. The summed E-state index contributed by atoms with van der Waals surface area (Å²) >= 11 is 0. The van der Waals surface area contributed by atoms with Gasteiger partial charge in [0.25, 0.3) is 0 Å². The topological polar surface area (TPSA) is 108 Å². The molecule has 0 aliphatic rings. The third-order valence-corrected chi connectivity index (χ3v) is 6.56. The minimum atomic E-state index is -1.08. The summed E-state index contributed by atoms with van der Waals surface area (Å²) in [6, 6.07) is 2.69. The first-order valence-corrected chi connectivity index (χ1v) is 13.9. The number of hydrogen-bond donors (Lipinski definition) is 3. The Morgan fingerprint density at radius 3 is 2.11 bits per heavy atom. The van der Waals surface area contributed by atoms with Crippen LogP contribution in [0.15, 0.2) is 18.2 Å². The highest BCUT2D eigenvalue weighted by atomic mass is 16.6. The fourth-order valence-electron chi connectivity index (χ4n) is 4.27. The first-order chi connectivity index (χ1) is 17.5. The summed E-state index contributed by atoms with van der Waals surface area (Å²) in [5.74, 6) is -0.618. The van der Waals surface area contributed by atoms with Gasteiger partial charge < -0.3 is 25.4 Å². The Balaban J connectivity index is 3.73. The molecule has 0 aromatic heterocycles. The Bertz CT molecular complexity index is 938. The van der Waals surface area contributed by atoms with Crippen molar-refractivity contribution in [1.82, 2.24) is 15.5 Å². The van der Waals surface area contributed by atoms with E-state index >= 15 is 0 Å². The maximum absolute atomic E-state index is 14.4. The molecule has 0 heterocycles. The lowest BCUT2D eigenvalue weighted by Crippen LogP contribution is -2.57. The lowest BCUT2D eigenvalue weighted by atomic mass is 9.92. The first-order valence-electron chi connectivity index (χ1n) is 13.9. The Morgan fingerprint density at radius 1 is 1.00 bits per heavy atom. The van der Waals surface area contributed by atoms with Crippen molar-refractivity contribution >= 4 is 17.9 Å².